The molecular weight excluding hydrogens is 278 g/mol. The van der Waals surface area contributed by atoms with Gasteiger partial charge in [-0.3, -0.25) is 0 Å². The van der Waals surface area contributed by atoms with E-state index >= 15 is 0 Å². The van der Waals surface area contributed by atoms with E-state index in [1.165, 1.54) is 6.07 Å². The van der Waals surface area contributed by atoms with Crippen LogP contribution >= 0.6 is 0 Å². The van der Waals surface area contributed by atoms with Crippen LogP contribution in [0.1, 0.15) is 25.3 Å². The van der Waals surface area contributed by atoms with Crippen LogP contribution in [0.25, 0.3) is 0 Å². The summed E-state index contributed by atoms with van der Waals surface area (Å²) < 4.78 is 32.8. The molecule has 20 heavy (non-hydrogen) atoms. The van der Waals surface area contributed by atoms with Crippen molar-refractivity contribution < 1.29 is 18.3 Å². The van der Waals surface area contributed by atoms with Crippen molar-refractivity contribution in [2.45, 2.75) is 37.3 Å². The number of benzene rings is 1. The summed E-state index contributed by atoms with van der Waals surface area (Å²) in [7, 11) is -3.60. The summed E-state index contributed by atoms with van der Waals surface area (Å²) >= 11 is 0. The highest BCUT2D eigenvalue weighted by molar-refractivity contribution is 7.89. The Hall–Kier alpha value is -0.950. The minimum Gasteiger partial charge on any atom is -0.392 e. The second-order valence-electron chi connectivity index (χ2n) is 5.13. The number of sulfonamides is 1. The number of aliphatic hydroxyl groups excluding tert-OH is 1. The number of hydrogen-bond donors (Lipinski definition) is 2. The Morgan fingerprint density at radius 2 is 2.00 bits per heavy atom. The van der Waals surface area contributed by atoms with Crippen LogP contribution in [0.4, 0.5) is 0 Å². The molecule has 1 saturated heterocycles. The molecule has 6 heteroatoms. The van der Waals surface area contributed by atoms with Crippen LogP contribution in [0.2, 0.25) is 0 Å². The number of ether oxygens (including phenoxy) is 1. The molecule has 0 bridgehead atoms. The zero-order valence-corrected chi connectivity index (χ0v) is 12.4. The fraction of sp³-hybridized carbons (Fsp3) is 0.571. The van der Waals surface area contributed by atoms with Crippen LogP contribution in [-0.2, 0) is 21.4 Å². The van der Waals surface area contributed by atoms with Crippen molar-refractivity contribution in [2.24, 2.45) is 5.92 Å². The summed E-state index contributed by atoms with van der Waals surface area (Å²) in [6.07, 6.45) is 1.73. The van der Waals surface area contributed by atoms with Gasteiger partial charge in [-0.15, -0.1) is 0 Å². The van der Waals surface area contributed by atoms with Crippen molar-refractivity contribution in [2.75, 3.05) is 13.2 Å². The zero-order valence-electron chi connectivity index (χ0n) is 11.6. The van der Waals surface area contributed by atoms with E-state index in [1.54, 1.807) is 18.2 Å². The monoisotopic (exact) mass is 299 g/mol. The second-order valence-corrected chi connectivity index (χ2v) is 6.81. The first kappa shape index (κ1) is 15.4. The third kappa shape index (κ3) is 3.58. The van der Waals surface area contributed by atoms with Crippen LogP contribution in [0.5, 0.6) is 0 Å². The van der Waals surface area contributed by atoms with Crippen LogP contribution in [0.15, 0.2) is 29.2 Å². The number of hydrogen-bond acceptors (Lipinski definition) is 4. The van der Waals surface area contributed by atoms with Crippen LogP contribution in [0.3, 0.4) is 0 Å². The quantitative estimate of drug-likeness (QED) is 0.858. The molecule has 1 aromatic carbocycles. The third-order valence-corrected chi connectivity index (χ3v) is 5.41. The molecule has 0 saturated carbocycles. The largest absolute Gasteiger partial charge is 0.392 e. The summed E-state index contributed by atoms with van der Waals surface area (Å²) in [6.45, 7) is 2.96. The molecule has 1 aliphatic heterocycles. The van der Waals surface area contributed by atoms with Gasteiger partial charge >= 0.3 is 0 Å². The van der Waals surface area contributed by atoms with E-state index in [0.717, 1.165) is 12.8 Å². The first-order valence-corrected chi connectivity index (χ1v) is 8.32. The molecule has 2 rings (SSSR count). The number of aliphatic hydroxyl groups is 1. The third-order valence-electron chi connectivity index (χ3n) is 3.75. The van der Waals surface area contributed by atoms with Crippen molar-refractivity contribution in [1.29, 1.82) is 0 Å². The first-order valence-electron chi connectivity index (χ1n) is 6.83. The average molecular weight is 299 g/mol. The zero-order chi connectivity index (χ0) is 14.6. The Balaban J connectivity index is 2.14. The predicted octanol–water partition coefficient (Wildman–Crippen LogP) is 1.27. The molecule has 1 heterocycles. The van der Waals surface area contributed by atoms with Crippen molar-refractivity contribution in [3.8, 4) is 0 Å². The standard InChI is InChI=1S/C14H21NO4S/c1-11(12-6-8-19-9-7-12)15-20(17,18)14-5-3-2-4-13(14)10-16/h2-5,11-12,15-16H,6-10H2,1H3. The van der Waals surface area contributed by atoms with Crippen LogP contribution in [-0.4, -0.2) is 32.8 Å². The summed E-state index contributed by atoms with van der Waals surface area (Å²) in [5.41, 5.74) is 0.416. The number of nitrogens with one attached hydrogen (secondary N) is 1. The lowest BCUT2D eigenvalue weighted by molar-refractivity contribution is 0.0585. The van der Waals surface area contributed by atoms with Gasteiger partial charge in [0.2, 0.25) is 10.0 Å². The SMILES string of the molecule is CC(NS(=O)(=O)c1ccccc1CO)C1CCOCC1. The lowest BCUT2D eigenvalue weighted by Crippen LogP contribution is -2.40. The van der Waals surface area contributed by atoms with Gasteiger partial charge in [0.25, 0.3) is 0 Å². The molecule has 5 nitrogen and oxygen atoms in total. The number of rotatable bonds is 5. The molecular formula is C14H21NO4S. The Bertz CT molecular complexity index is 538. The molecule has 1 atom stereocenters. The maximum Gasteiger partial charge on any atom is 0.241 e. The Labute approximate surface area is 120 Å². The van der Waals surface area contributed by atoms with Crippen molar-refractivity contribution in [3.63, 3.8) is 0 Å². The molecule has 1 fully saturated rings. The highest BCUT2D eigenvalue weighted by Crippen LogP contribution is 2.21. The van der Waals surface area contributed by atoms with Gasteiger partial charge in [0.05, 0.1) is 11.5 Å². The fourth-order valence-electron chi connectivity index (χ4n) is 2.52. The predicted molar refractivity (Wildman–Crippen MR) is 75.7 cm³/mol. The van der Waals surface area contributed by atoms with E-state index in [-0.39, 0.29) is 17.5 Å². The normalized spacial score (nSPS) is 18.9. The topological polar surface area (TPSA) is 75.6 Å². The van der Waals surface area contributed by atoms with Gasteiger partial charge in [-0.25, -0.2) is 13.1 Å². The summed E-state index contributed by atoms with van der Waals surface area (Å²) in [5, 5.41) is 9.26. The summed E-state index contributed by atoms with van der Waals surface area (Å²) in [5.74, 6) is 0.291. The van der Waals surface area contributed by atoms with Gasteiger partial charge in [0.1, 0.15) is 0 Å². The minimum absolute atomic E-state index is 0.143. The maximum atomic E-state index is 12.4. The second kappa shape index (κ2) is 6.67. The van der Waals surface area contributed by atoms with Crippen molar-refractivity contribution in [3.05, 3.63) is 29.8 Å². The molecule has 0 aromatic heterocycles. The smallest absolute Gasteiger partial charge is 0.241 e. The van der Waals surface area contributed by atoms with Gasteiger partial charge in [0.15, 0.2) is 0 Å². The van der Waals surface area contributed by atoms with E-state index < -0.39 is 10.0 Å². The summed E-state index contributed by atoms with van der Waals surface area (Å²) in [6, 6.07) is 6.37. The van der Waals surface area contributed by atoms with Crippen LogP contribution < -0.4 is 4.72 Å². The van der Waals surface area contributed by atoms with Gasteiger partial charge in [0, 0.05) is 19.3 Å². The molecule has 1 aromatic rings. The van der Waals surface area contributed by atoms with Gasteiger partial charge < -0.3 is 9.84 Å². The molecule has 0 spiro atoms. The van der Waals surface area contributed by atoms with Gasteiger partial charge in [-0.05, 0) is 37.3 Å². The molecule has 2 N–H and O–H groups in total. The molecule has 0 radical (unpaired) electrons. The van der Waals surface area contributed by atoms with E-state index in [4.69, 9.17) is 4.74 Å². The Morgan fingerprint density at radius 1 is 1.35 bits per heavy atom. The highest BCUT2D eigenvalue weighted by atomic mass is 32.2. The lowest BCUT2D eigenvalue weighted by atomic mass is 9.94. The van der Waals surface area contributed by atoms with E-state index in [0.29, 0.717) is 24.7 Å². The average Bonchev–Trinajstić information content (AvgIpc) is 2.47. The maximum absolute atomic E-state index is 12.4. The summed E-state index contributed by atoms with van der Waals surface area (Å²) in [4.78, 5) is 0.154. The van der Waals surface area contributed by atoms with E-state index in [2.05, 4.69) is 4.72 Å². The van der Waals surface area contributed by atoms with E-state index in [9.17, 15) is 13.5 Å². The van der Waals surface area contributed by atoms with Crippen molar-refractivity contribution in [1.82, 2.24) is 4.72 Å². The fourth-order valence-corrected chi connectivity index (χ4v) is 4.06. The first-order chi connectivity index (χ1) is 9.54. The van der Waals surface area contributed by atoms with E-state index in [1.807, 2.05) is 6.92 Å². The molecule has 0 aliphatic carbocycles. The van der Waals surface area contributed by atoms with Gasteiger partial charge in [-0.2, -0.15) is 0 Å². The highest BCUT2D eigenvalue weighted by Gasteiger charge is 2.26. The minimum atomic E-state index is -3.60. The van der Waals surface area contributed by atoms with Crippen molar-refractivity contribution >= 4 is 10.0 Å². The lowest BCUT2D eigenvalue weighted by Gasteiger charge is -2.28. The molecule has 0 amide bonds. The van der Waals surface area contributed by atoms with Gasteiger partial charge in [-0.1, -0.05) is 18.2 Å². The Morgan fingerprint density at radius 3 is 2.65 bits per heavy atom. The van der Waals surface area contributed by atoms with Crippen LogP contribution in [0, 0.1) is 5.92 Å². The molecule has 1 aliphatic rings. The Kier molecular flexibility index (Phi) is 5.15. The molecule has 112 valence electrons. The molecule has 1 unspecified atom stereocenters.